The Morgan fingerprint density at radius 2 is 2.24 bits per heavy atom. The van der Waals surface area contributed by atoms with Crippen LogP contribution in [0.25, 0.3) is 0 Å². The van der Waals surface area contributed by atoms with E-state index in [0.29, 0.717) is 6.20 Å². The minimum Gasteiger partial charge on any atom is -0.464 e. The van der Waals surface area contributed by atoms with E-state index in [2.05, 4.69) is 9.72 Å². The van der Waals surface area contributed by atoms with E-state index in [4.69, 9.17) is 11.6 Å². The second kappa shape index (κ2) is 5.00. The van der Waals surface area contributed by atoms with Crippen LogP contribution in [0.5, 0.6) is 0 Å². The van der Waals surface area contributed by atoms with E-state index in [1.165, 1.54) is 0 Å². The van der Waals surface area contributed by atoms with Crippen LogP contribution >= 0.6 is 11.6 Å². The summed E-state index contributed by atoms with van der Waals surface area (Å²) in [4.78, 5) is 23.9. The van der Waals surface area contributed by atoms with Crippen LogP contribution in [0, 0.1) is 10.1 Å². The fourth-order valence-corrected chi connectivity index (χ4v) is 1.37. The van der Waals surface area contributed by atoms with Crippen LogP contribution in [-0.4, -0.2) is 23.0 Å². The SMILES string of the molecule is COC(=O)c1ncc([N+](=O)[O-])c(Cl)c1C(F)F. The first-order valence-electron chi connectivity index (χ1n) is 4.09. The quantitative estimate of drug-likeness (QED) is 0.476. The summed E-state index contributed by atoms with van der Waals surface area (Å²) >= 11 is 5.44. The Bertz CT molecular complexity index is 481. The van der Waals surface area contributed by atoms with E-state index in [0.717, 1.165) is 7.11 Å². The van der Waals surface area contributed by atoms with Crippen molar-refractivity contribution in [2.24, 2.45) is 0 Å². The first-order valence-corrected chi connectivity index (χ1v) is 4.47. The molecule has 0 atom stereocenters. The molecule has 1 aromatic rings. The maximum Gasteiger partial charge on any atom is 0.357 e. The summed E-state index contributed by atoms with van der Waals surface area (Å²) in [6.45, 7) is 0. The zero-order valence-electron chi connectivity index (χ0n) is 8.32. The van der Waals surface area contributed by atoms with Crippen molar-refractivity contribution in [2.75, 3.05) is 7.11 Å². The zero-order valence-corrected chi connectivity index (χ0v) is 9.07. The van der Waals surface area contributed by atoms with Crippen molar-refractivity contribution in [2.45, 2.75) is 6.43 Å². The Morgan fingerprint density at radius 3 is 2.65 bits per heavy atom. The largest absolute Gasteiger partial charge is 0.464 e. The van der Waals surface area contributed by atoms with Crippen molar-refractivity contribution in [1.29, 1.82) is 0 Å². The Kier molecular flexibility index (Phi) is 3.89. The number of nitro groups is 1. The van der Waals surface area contributed by atoms with E-state index in [1.54, 1.807) is 0 Å². The van der Waals surface area contributed by atoms with Crippen molar-refractivity contribution in [3.05, 3.63) is 32.6 Å². The number of hydrogen-bond acceptors (Lipinski definition) is 5. The third-order valence-electron chi connectivity index (χ3n) is 1.83. The van der Waals surface area contributed by atoms with E-state index >= 15 is 0 Å². The molecule has 0 fully saturated rings. The molecule has 0 spiro atoms. The Balaban J connectivity index is 3.50. The highest BCUT2D eigenvalue weighted by atomic mass is 35.5. The molecule has 0 aliphatic heterocycles. The van der Waals surface area contributed by atoms with E-state index < -0.39 is 39.3 Å². The molecule has 1 heterocycles. The number of methoxy groups -OCH3 is 1. The minimum atomic E-state index is -3.18. The van der Waals surface area contributed by atoms with Gasteiger partial charge in [-0.05, 0) is 0 Å². The van der Waals surface area contributed by atoms with Crippen molar-refractivity contribution in [1.82, 2.24) is 4.98 Å². The molecule has 0 saturated heterocycles. The lowest BCUT2D eigenvalue weighted by molar-refractivity contribution is -0.385. The molecule has 17 heavy (non-hydrogen) atoms. The number of esters is 1. The maximum absolute atomic E-state index is 12.7. The summed E-state index contributed by atoms with van der Waals surface area (Å²) in [5.74, 6) is -1.14. The highest BCUT2D eigenvalue weighted by molar-refractivity contribution is 6.33. The van der Waals surface area contributed by atoms with Gasteiger partial charge >= 0.3 is 11.7 Å². The van der Waals surface area contributed by atoms with Crippen LogP contribution in [0.2, 0.25) is 5.02 Å². The number of carbonyl (C=O) groups excluding carboxylic acids is 1. The maximum atomic E-state index is 12.7. The second-order valence-corrected chi connectivity index (χ2v) is 3.15. The molecular weight excluding hydrogens is 262 g/mol. The van der Waals surface area contributed by atoms with Crippen LogP contribution in [0.15, 0.2) is 6.20 Å². The molecule has 0 aliphatic rings. The molecule has 0 saturated carbocycles. The summed E-state index contributed by atoms with van der Waals surface area (Å²) in [6, 6.07) is 0. The standard InChI is InChI=1S/C8H5ClF2N2O4/c1-17-8(14)6-4(7(10)11)5(9)3(2-12-6)13(15)16/h2,7H,1H3. The van der Waals surface area contributed by atoms with Crippen molar-refractivity contribution in [3.8, 4) is 0 Å². The van der Waals surface area contributed by atoms with Gasteiger partial charge < -0.3 is 4.74 Å². The topological polar surface area (TPSA) is 82.3 Å². The van der Waals surface area contributed by atoms with Crippen molar-refractivity contribution in [3.63, 3.8) is 0 Å². The van der Waals surface area contributed by atoms with Crippen molar-refractivity contribution >= 4 is 23.3 Å². The first-order chi connectivity index (χ1) is 7.90. The fraction of sp³-hybridized carbons (Fsp3) is 0.250. The number of carbonyl (C=O) groups is 1. The smallest absolute Gasteiger partial charge is 0.357 e. The van der Waals surface area contributed by atoms with E-state index in [1.807, 2.05) is 0 Å². The van der Waals surface area contributed by atoms with Gasteiger partial charge in [0.05, 0.1) is 17.6 Å². The molecule has 0 amide bonds. The Hall–Kier alpha value is -1.83. The normalized spacial score (nSPS) is 10.4. The van der Waals surface area contributed by atoms with Gasteiger partial charge in [0.1, 0.15) is 11.2 Å². The monoisotopic (exact) mass is 266 g/mol. The van der Waals surface area contributed by atoms with Crippen LogP contribution in [0.4, 0.5) is 14.5 Å². The van der Waals surface area contributed by atoms with Gasteiger partial charge in [-0.1, -0.05) is 11.6 Å². The van der Waals surface area contributed by atoms with Gasteiger partial charge in [-0.3, -0.25) is 10.1 Å². The summed E-state index contributed by atoms with van der Waals surface area (Å²) in [5.41, 5.74) is -2.54. The summed E-state index contributed by atoms with van der Waals surface area (Å²) in [5, 5.41) is 9.65. The average molecular weight is 267 g/mol. The molecule has 0 aromatic carbocycles. The molecule has 0 unspecified atom stereocenters. The molecule has 6 nitrogen and oxygen atoms in total. The van der Waals surface area contributed by atoms with Gasteiger partial charge in [0, 0.05) is 0 Å². The number of alkyl halides is 2. The van der Waals surface area contributed by atoms with Crippen LogP contribution in [0.1, 0.15) is 22.5 Å². The molecule has 1 rings (SSSR count). The third-order valence-corrected chi connectivity index (χ3v) is 2.22. The average Bonchev–Trinajstić information content (AvgIpc) is 2.26. The van der Waals surface area contributed by atoms with Gasteiger partial charge in [-0.15, -0.1) is 0 Å². The molecule has 9 heteroatoms. The van der Waals surface area contributed by atoms with Gasteiger partial charge in [-0.2, -0.15) is 0 Å². The number of nitrogens with zero attached hydrogens (tertiary/aromatic N) is 2. The number of rotatable bonds is 3. The molecule has 1 aromatic heterocycles. The number of pyridine rings is 1. The third kappa shape index (κ3) is 2.47. The molecule has 92 valence electrons. The van der Waals surface area contributed by atoms with E-state index in [-0.39, 0.29) is 0 Å². The Labute approximate surface area is 98.3 Å². The Morgan fingerprint density at radius 1 is 1.65 bits per heavy atom. The van der Waals surface area contributed by atoms with Crippen LogP contribution < -0.4 is 0 Å². The molecule has 0 bridgehead atoms. The number of halogens is 3. The van der Waals surface area contributed by atoms with Crippen molar-refractivity contribution < 1.29 is 23.2 Å². The molecule has 0 radical (unpaired) electrons. The zero-order chi connectivity index (χ0) is 13.2. The number of hydrogen-bond donors (Lipinski definition) is 0. The summed E-state index contributed by atoms with van der Waals surface area (Å²) < 4.78 is 29.6. The molecule has 0 N–H and O–H groups in total. The van der Waals surface area contributed by atoms with Gasteiger partial charge in [-0.25, -0.2) is 18.6 Å². The highest BCUT2D eigenvalue weighted by Crippen LogP contribution is 2.35. The van der Waals surface area contributed by atoms with Crippen LogP contribution in [0.3, 0.4) is 0 Å². The number of aromatic nitrogens is 1. The van der Waals surface area contributed by atoms with Gasteiger partial charge in [0.2, 0.25) is 0 Å². The second-order valence-electron chi connectivity index (χ2n) is 2.77. The predicted molar refractivity (Wildman–Crippen MR) is 52.2 cm³/mol. The minimum absolute atomic E-state index is 0.625. The number of ether oxygens (including phenoxy) is 1. The summed E-state index contributed by atoms with van der Waals surface area (Å²) in [7, 11) is 0.967. The predicted octanol–water partition coefficient (Wildman–Crippen LogP) is 2.37. The fourth-order valence-electron chi connectivity index (χ4n) is 1.08. The lowest BCUT2D eigenvalue weighted by Gasteiger charge is -2.07. The lowest BCUT2D eigenvalue weighted by atomic mass is 10.2. The van der Waals surface area contributed by atoms with Gasteiger partial charge in [0.25, 0.3) is 6.43 Å². The molecular formula is C8H5ClF2N2O4. The molecule has 0 aliphatic carbocycles. The summed E-state index contributed by atoms with van der Waals surface area (Å²) in [6.07, 6.45) is -2.55. The highest BCUT2D eigenvalue weighted by Gasteiger charge is 2.29. The van der Waals surface area contributed by atoms with Gasteiger partial charge in [0.15, 0.2) is 5.69 Å². The first kappa shape index (κ1) is 13.2. The van der Waals surface area contributed by atoms with Crippen LogP contribution in [-0.2, 0) is 4.74 Å². The van der Waals surface area contributed by atoms with E-state index in [9.17, 15) is 23.7 Å². The lowest BCUT2D eigenvalue weighted by Crippen LogP contribution is -2.10.